The van der Waals surface area contributed by atoms with Crippen LogP contribution < -0.4 is 9.80 Å². The standard InChI is InChI=1S/C24H32N6O3S/c1-3-18-20(4-8-25-21(18)30-12-17(13-30)28-32)34-23-16(2)26-22(19(14-31)27-23)29-9-5-24(6-10-29)7-11-33-15-24/h4,8,17,31H,3,5-7,9-15H2,1-2H3. The van der Waals surface area contributed by atoms with Crippen LogP contribution in [0.4, 0.5) is 11.6 Å². The van der Waals surface area contributed by atoms with E-state index in [0.29, 0.717) is 24.2 Å². The predicted molar refractivity (Wildman–Crippen MR) is 132 cm³/mol. The SMILES string of the molecule is CCc1c(Sc2nc(CO)c(N3CCC4(CCOC4)CC3)nc2C)ccnc1N1CC(N=O)C1. The van der Waals surface area contributed by atoms with Crippen LogP contribution in [0, 0.1) is 17.2 Å². The van der Waals surface area contributed by atoms with Crippen molar-refractivity contribution in [3.63, 3.8) is 0 Å². The molecule has 0 saturated carbocycles. The summed E-state index contributed by atoms with van der Waals surface area (Å²) in [7, 11) is 0. The average Bonchev–Trinajstić information content (AvgIpc) is 3.28. The number of aliphatic hydroxyl groups is 1. The van der Waals surface area contributed by atoms with E-state index < -0.39 is 0 Å². The first kappa shape index (κ1) is 23.4. The lowest BCUT2D eigenvalue weighted by Gasteiger charge is -2.39. The summed E-state index contributed by atoms with van der Waals surface area (Å²) in [4.78, 5) is 30.6. The van der Waals surface area contributed by atoms with Crippen molar-refractivity contribution >= 4 is 23.4 Å². The number of hydrogen-bond donors (Lipinski definition) is 1. The molecule has 2 aromatic rings. The van der Waals surface area contributed by atoms with Crippen molar-refractivity contribution in [3.05, 3.63) is 34.1 Å². The number of piperidine rings is 1. The zero-order valence-electron chi connectivity index (χ0n) is 19.9. The van der Waals surface area contributed by atoms with Crippen molar-refractivity contribution in [3.8, 4) is 0 Å². The van der Waals surface area contributed by atoms with E-state index in [4.69, 9.17) is 14.7 Å². The van der Waals surface area contributed by atoms with Crippen molar-refractivity contribution in [1.82, 2.24) is 15.0 Å². The molecule has 3 fully saturated rings. The van der Waals surface area contributed by atoms with Gasteiger partial charge in [0.2, 0.25) is 0 Å². The first-order chi connectivity index (χ1) is 16.6. The fraction of sp³-hybridized carbons (Fsp3) is 0.625. The highest BCUT2D eigenvalue weighted by atomic mass is 32.2. The molecule has 0 atom stereocenters. The molecular formula is C24H32N6O3S. The Hall–Kier alpha value is -2.30. The fourth-order valence-electron chi connectivity index (χ4n) is 5.18. The van der Waals surface area contributed by atoms with Gasteiger partial charge in [-0.1, -0.05) is 23.9 Å². The molecule has 1 N–H and O–H groups in total. The summed E-state index contributed by atoms with van der Waals surface area (Å²) in [6, 6.07) is 1.85. The second-order valence-corrected chi connectivity index (χ2v) is 10.6. The number of nitrogens with zero attached hydrogens (tertiary/aromatic N) is 6. The molecule has 3 aliphatic rings. The first-order valence-corrected chi connectivity index (χ1v) is 12.9. The van der Waals surface area contributed by atoms with Gasteiger partial charge in [-0.15, -0.1) is 0 Å². The number of aromatic nitrogens is 3. The highest BCUT2D eigenvalue weighted by Gasteiger charge is 2.39. The maximum atomic E-state index is 10.8. The summed E-state index contributed by atoms with van der Waals surface area (Å²) in [6.07, 6.45) is 5.94. The lowest BCUT2D eigenvalue weighted by Crippen LogP contribution is -2.50. The van der Waals surface area contributed by atoms with Crippen LogP contribution >= 0.6 is 11.8 Å². The Labute approximate surface area is 204 Å². The van der Waals surface area contributed by atoms with Crippen LogP contribution in [0.15, 0.2) is 27.4 Å². The molecule has 2 aromatic heterocycles. The highest BCUT2D eigenvalue weighted by Crippen LogP contribution is 2.41. The van der Waals surface area contributed by atoms with E-state index in [1.54, 1.807) is 18.0 Å². The van der Waals surface area contributed by atoms with Crippen molar-refractivity contribution < 1.29 is 9.84 Å². The lowest BCUT2D eigenvalue weighted by atomic mass is 9.78. The molecular weight excluding hydrogens is 452 g/mol. The molecule has 3 saturated heterocycles. The molecule has 0 bridgehead atoms. The Kier molecular flexibility index (Phi) is 6.72. The van der Waals surface area contributed by atoms with Crippen molar-refractivity contribution in [1.29, 1.82) is 0 Å². The van der Waals surface area contributed by atoms with Crippen LogP contribution in [0.25, 0.3) is 0 Å². The van der Waals surface area contributed by atoms with Gasteiger partial charge in [0.05, 0.1) is 18.9 Å². The Balaban J connectivity index is 1.37. The topological polar surface area (TPSA) is 104 Å². The summed E-state index contributed by atoms with van der Waals surface area (Å²) in [6.45, 7) is 8.75. The van der Waals surface area contributed by atoms with Gasteiger partial charge < -0.3 is 19.6 Å². The van der Waals surface area contributed by atoms with E-state index >= 15 is 0 Å². The molecule has 9 nitrogen and oxygen atoms in total. The second-order valence-electron chi connectivity index (χ2n) is 9.56. The molecule has 0 aliphatic carbocycles. The van der Waals surface area contributed by atoms with Gasteiger partial charge in [-0.2, -0.15) is 4.91 Å². The number of hydrogen-bond acceptors (Lipinski definition) is 10. The van der Waals surface area contributed by atoms with E-state index in [1.165, 1.54) is 0 Å². The number of rotatable bonds is 7. The van der Waals surface area contributed by atoms with E-state index in [-0.39, 0.29) is 12.6 Å². The first-order valence-electron chi connectivity index (χ1n) is 12.1. The molecule has 0 radical (unpaired) electrons. The molecule has 182 valence electrons. The molecule has 0 amide bonds. The minimum absolute atomic E-state index is 0.142. The van der Waals surface area contributed by atoms with Crippen LogP contribution in [0.5, 0.6) is 0 Å². The lowest BCUT2D eigenvalue weighted by molar-refractivity contribution is 0.133. The van der Waals surface area contributed by atoms with Crippen LogP contribution in [0.2, 0.25) is 0 Å². The quantitative estimate of drug-likeness (QED) is 0.593. The number of pyridine rings is 1. The van der Waals surface area contributed by atoms with Crippen LogP contribution in [-0.4, -0.2) is 65.5 Å². The van der Waals surface area contributed by atoms with Gasteiger partial charge in [0.25, 0.3) is 0 Å². The zero-order chi connectivity index (χ0) is 23.7. The maximum Gasteiger partial charge on any atom is 0.153 e. The molecule has 1 spiro atoms. The Bertz CT molecular complexity index is 1050. The third-order valence-electron chi connectivity index (χ3n) is 7.40. The van der Waals surface area contributed by atoms with Crippen LogP contribution in [-0.2, 0) is 17.8 Å². The van der Waals surface area contributed by atoms with E-state index in [9.17, 15) is 10.0 Å². The van der Waals surface area contributed by atoms with Gasteiger partial charge >= 0.3 is 0 Å². The molecule has 0 aromatic carbocycles. The van der Waals surface area contributed by atoms with Gasteiger partial charge in [-0.25, -0.2) is 15.0 Å². The zero-order valence-corrected chi connectivity index (χ0v) is 20.7. The summed E-state index contributed by atoms with van der Waals surface area (Å²) < 4.78 is 5.66. The van der Waals surface area contributed by atoms with Gasteiger partial charge in [0.1, 0.15) is 22.6 Å². The normalized spacial score (nSPS) is 20.1. The van der Waals surface area contributed by atoms with Crippen molar-refractivity contribution in [2.24, 2.45) is 10.6 Å². The predicted octanol–water partition coefficient (Wildman–Crippen LogP) is 3.35. The maximum absolute atomic E-state index is 10.8. The van der Waals surface area contributed by atoms with E-state index in [2.05, 4.69) is 26.9 Å². The fourth-order valence-corrected chi connectivity index (χ4v) is 6.23. The second kappa shape index (κ2) is 9.75. The largest absolute Gasteiger partial charge is 0.390 e. The minimum atomic E-state index is -0.151. The molecule has 3 aliphatic heterocycles. The van der Waals surface area contributed by atoms with Crippen LogP contribution in [0.1, 0.15) is 43.1 Å². The summed E-state index contributed by atoms with van der Waals surface area (Å²) >= 11 is 1.57. The Morgan fingerprint density at radius 1 is 1.21 bits per heavy atom. The molecule has 10 heteroatoms. The third kappa shape index (κ3) is 4.38. The third-order valence-corrected chi connectivity index (χ3v) is 8.58. The van der Waals surface area contributed by atoms with Crippen molar-refractivity contribution in [2.75, 3.05) is 49.2 Å². The Morgan fingerprint density at radius 3 is 2.65 bits per heavy atom. The number of ether oxygens (including phenoxy) is 1. The minimum Gasteiger partial charge on any atom is -0.390 e. The molecule has 0 unspecified atom stereocenters. The van der Waals surface area contributed by atoms with Gasteiger partial charge in [-0.05, 0) is 44.1 Å². The van der Waals surface area contributed by atoms with Gasteiger partial charge in [0.15, 0.2) is 5.82 Å². The van der Waals surface area contributed by atoms with E-state index in [0.717, 1.165) is 84.8 Å². The summed E-state index contributed by atoms with van der Waals surface area (Å²) in [5, 5.41) is 14.1. The number of aryl methyl sites for hydroxylation is 1. The van der Waals surface area contributed by atoms with Gasteiger partial charge in [-0.3, -0.25) is 0 Å². The van der Waals surface area contributed by atoms with Crippen LogP contribution in [0.3, 0.4) is 0 Å². The van der Waals surface area contributed by atoms with Gasteiger partial charge in [0, 0.05) is 49.4 Å². The number of anilines is 2. The average molecular weight is 485 g/mol. The number of nitroso groups, excluding NO2 is 1. The monoisotopic (exact) mass is 484 g/mol. The molecule has 34 heavy (non-hydrogen) atoms. The highest BCUT2D eigenvalue weighted by molar-refractivity contribution is 7.99. The summed E-state index contributed by atoms with van der Waals surface area (Å²) in [5.41, 5.74) is 2.94. The number of aliphatic hydroxyl groups excluding tert-OH is 1. The van der Waals surface area contributed by atoms with Crippen molar-refractivity contribution in [2.45, 2.75) is 62.1 Å². The molecule has 5 rings (SSSR count). The summed E-state index contributed by atoms with van der Waals surface area (Å²) in [5.74, 6) is 1.72. The Morgan fingerprint density at radius 2 is 2.00 bits per heavy atom. The van der Waals surface area contributed by atoms with E-state index in [1.807, 2.05) is 13.0 Å². The smallest absolute Gasteiger partial charge is 0.153 e. The molecule has 5 heterocycles.